The van der Waals surface area contributed by atoms with Crippen LogP contribution < -0.4 is 5.32 Å². The van der Waals surface area contributed by atoms with E-state index in [0.717, 1.165) is 10.9 Å². The molecule has 20 heavy (non-hydrogen) atoms. The average Bonchev–Trinajstić information content (AvgIpc) is 2.92. The molecule has 0 aliphatic rings. The zero-order chi connectivity index (χ0) is 13.9. The maximum Gasteiger partial charge on any atom is 0.257 e. The number of carbonyl (C=O) groups is 1. The summed E-state index contributed by atoms with van der Waals surface area (Å²) in [6, 6.07) is 14.8. The van der Waals surface area contributed by atoms with Crippen molar-refractivity contribution in [3.63, 3.8) is 0 Å². The van der Waals surface area contributed by atoms with E-state index in [1.807, 2.05) is 36.4 Å². The van der Waals surface area contributed by atoms with Gasteiger partial charge in [0, 0.05) is 28.4 Å². The number of carbonyl (C=O) groups excluding carboxylic acids is 1. The fourth-order valence-electron chi connectivity index (χ4n) is 2.23. The van der Waals surface area contributed by atoms with Gasteiger partial charge < -0.3 is 15.4 Å². The Kier molecular flexibility index (Phi) is 3.23. The number of anilines is 1. The fraction of sp³-hybridized carbons (Fsp3) is 0.0625. The number of amides is 1. The number of fused-ring (bicyclic) bond motifs is 1. The SMILES string of the molecule is O=C(Nc1ccccc1CO)c1c[nH]c2ccccc12. The number of hydrogen-bond acceptors (Lipinski definition) is 2. The van der Waals surface area contributed by atoms with E-state index in [9.17, 15) is 9.90 Å². The molecule has 0 bridgehead atoms. The van der Waals surface area contributed by atoms with E-state index in [-0.39, 0.29) is 12.5 Å². The number of para-hydroxylation sites is 2. The minimum Gasteiger partial charge on any atom is -0.392 e. The van der Waals surface area contributed by atoms with Crippen molar-refractivity contribution < 1.29 is 9.90 Å². The van der Waals surface area contributed by atoms with Crippen molar-refractivity contribution in [2.75, 3.05) is 5.32 Å². The molecule has 100 valence electrons. The zero-order valence-corrected chi connectivity index (χ0v) is 10.8. The summed E-state index contributed by atoms with van der Waals surface area (Å²) in [5.74, 6) is -0.191. The van der Waals surface area contributed by atoms with E-state index in [2.05, 4.69) is 10.3 Å². The lowest BCUT2D eigenvalue weighted by Crippen LogP contribution is -2.12. The summed E-state index contributed by atoms with van der Waals surface area (Å²) >= 11 is 0. The Hall–Kier alpha value is -2.59. The van der Waals surface area contributed by atoms with Gasteiger partial charge in [-0.1, -0.05) is 36.4 Å². The highest BCUT2D eigenvalue weighted by molar-refractivity contribution is 6.12. The number of H-pyrrole nitrogens is 1. The molecular weight excluding hydrogens is 252 g/mol. The van der Waals surface area contributed by atoms with Crippen LogP contribution in [0, 0.1) is 0 Å². The Morgan fingerprint density at radius 3 is 2.70 bits per heavy atom. The maximum absolute atomic E-state index is 12.3. The molecule has 1 aromatic heterocycles. The molecular formula is C16H14N2O2. The molecule has 4 nitrogen and oxygen atoms in total. The van der Waals surface area contributed by atoms with Crippen LogP contribution in [0.25, 0.3) is 10.9 Å². The second-order valence-corrected chi connectivity index (χ2v) is 4.52. The van der Waals surface area contributed by atoms with Gasteiger partial charge in [-0.3, -0.25) is 4.79 Å². The van der Waals surface area contributed by atoms with Crippen LogP contribution in [-0.2, 0) is 6.61 Å². The van der Waals surface area contributed by atoms with Gasteiger partial charge in [0.15, 0.2) is 0 Å². The molecule has 4 heteroatoms. The Labute approximate surface area is 116 Å². The Balaban J connectivity index is 1.93. The number of hydrogen-bond donors (Lipinski definition) is 3. The number of rotatable bonds is 3. The average molecular weight is 266 g/mol. The van der Waals surface area contributed by atoms with E-state index < -0.39 is 0 Å². The first-order chi connectivity index (χ1) is 9.79. The molecule has 0 saturated heterocycles. The van der Waals surface area contributed by atoms with Gasteiger partial charge >= 0.3 is 0 Å². The minimum absolute atomic E-state index is 0.107. The van der Waals surface area contributed by atoms with Crippen LogP contribution in [0.4, 0.5) is 5.69 Å². The van der Waals surface area contributed by atoms with Gasteiger partial charge in [-0.15, -0.1) is 0 Å². The predicted molar refractivity (Wildman–Crippen MR) is 78.6 cm³/mol. The van der Waals surface area contributed by atoms with Crippen LogP contribution in [0.15, 0.2) is 54.7 Å². The molecule has 0 radical (unpaired) electrons. The van der Waals surface area contributed by atoms with E-state index in [4.69, 9.17) is 0 Å². The molecule has 3 N–H and O–H groups in total. The first kappa shape index (κ1) is 12.4. The second kappa shape index (κ2) is 5.19. The predicted octanol–water partition coefficient (Wildman–Crippen LogP) is 2.91. The summed E-state index contributed by atoms with van der Waals surface area (Å²) < 4.78 is 0. The van der Waals surface area contributed by atoms with E-state index in [0.29, 0.717) is 16.8 Å². The van der Waals surface area contributed by atoms with Gasteiger partial charge in [-0.2, -0.15) is 0 Å². The summed E-state index contributed by atoms with van der Waals surface area (Å²) in [5, 5.41) is 13.0. The lowest BCUT2D eigenvalue weighted by molar-refractivity contribution is 0.102. The lowest BCUT2D eigenvalue weighted by atomic mass is 10.1. The summed E-state index contributed by atoms with van der Waals surface area (Å²) in [6.07, 6.45) is 1.70. The molecule has 0 atom stereocenters. The third-order valence-electron chi connectivity index (χ3n) is 3.27. The standard InChI is InChI=1S/C16H14N2O2/c19-10-11-5-1-3-7-14(11)18-16(20)13-9-17-15-8-4-2-6-12(13)15/h1-9,17,19H,10H2,(H,18,20). The van der Waals surface area contributed by atoms with Gasteiger partial charge in [0.05, 0.1) is 12.2 Å². The largest absolute Gasteiger partial charge is 0.392 e. The highest BCUT2D eigenvalue weighted by Gasteiger charge is 2.12. The maximum atomic E-state index is 12.3. The van der Waals surface area contributed by atoms with Crippen LogP contribution in [0.1, 0.15) is 15.9 Å². The number of aliphatic hydroxyl groups is 1. The summed E-state index contributed by atoms with van der Waals surface area (Å²) in [5.41, 5.74) is 2.84. The number of benzene rings is 2. The van der Waals surface area contributed by atoms with Crippen LogP contribution in [0.5, 0.6) is 0 Å². The van der Waals surface area contributed by atoms with Crippen LogP contribution >= 0.6 is 0 Å². The van der Waals surface area contributed by atoms with Crippen molar-refractivity contribution in [1.29, 1.82) is 0 Å². The van der Waals surface area contributed by atoms with Gasteiger partial charge in [-0.05, 0) is 12.1 Å². The molecule has 0 aliphatic heterocycles. The van der Waals surface area contributed by atoms with Crippen molar-refractivity contribution in [3.8, 4) is 0 Å². The topological polar surface area (TPSA) is 65.1 Å². The van der Waals surface area contributed by atoms with Gasteiger partial charge in [0.1, 0.15) is 0 Å². The minimum atomic E-state index is -0.191. The Morgan fingerprint density at radius 1 is 1.10 bits per heavy atom. The first-order valence-corrected chi connectivity index (χ1v) is 6.36. The monoisotopic (exact) mass is 266 g/mol. The quantitative estimate of drug-likeness (QED) is 0.682. The molecule has 3 aromatic rings. The molecule has 0 fully saturated rings. The van der Waals surface area contributed by atoms with Crippen LogP contribution in [0.3, 0.4) is 0 Å². The van der Waals surface area contributed by atoms with Crippen LogP contribution in [-0.4, -0.2) is 16.0 Å². The first-order valence-electron chi connectivity index (χ1n) is 6.36. The number of nitrogens with one attached hydrogen (secondary N) is 2. The Morgan fingerprint density at radius 2 is 1.85 bits per heavy atom. The molecule has 1 heterocycles. The van der Waals surface area contributed by atoms with E-state index in [1.54, 1.807) is 18.3 Å². The van der Waals surface area contributed by atoms with Crippen molar-refractivity contribution >= 4 is 22.5 Å². The molecule has 1 amide bonds. The zero-order valence-electron chi connectivity index (χ0n) is 10.8. The van der Waals surface area contributed by atoms with Gasteiger partial charge in [0.25, 0.3) is 5.91 Å². The van der Waals surface area contributed by atoms with Crippen LogP contribution in [0.2, 0.25) is 0 Å². The molecule has 0 unspecified atom stereocenters. The highest BCUT2D eigenvalue weighted by Crippen LogP contribution is 2.20. The van der Waals surface area contributed by atoms with Gasteiger partial charge in [-0.25, -0.2) is 0 Å². The molecule has 0 spiro atoms. The van der Waals surface area contributed by atoms with E-state index >= 15 is 0 Å². The van der Waals surface area contributed by atoms with Crippen molar-refractivity contribution in [2.24, 2.45) is 0 Å². The summed E-state index contributed by atoms with van der Waals surface area (Å²) in [7, 11) is 0. The van der Waals surface area contributed by atoms with Crippen molar-refractivity contribution in [3.05, 3.63) is 65.9 Å². The third kappa shape index (κ3) is 2.17. The normalized spacial score (nSPS) is 10.7. The van der Waals surface area contributed by atoms with Gasteiger partial charge in [0.2, 0.25) is 0 Å². The number of aromatic nitrogens is 1. The Bertz CT molecular complexity index is 762. The molecule has 0 aliphatic carbocycles. The summed E-state index contributed by atoms with van der Waals surface area (Å²) in [4.78, 5) is 15.4. The number of aliphatic hydroxyl groups excluding tert-OH is 1. The lowest BCUT2D eigenvalue weighted by Gasteiger charge is -2.08. The third-order valence-corrected chi connectivity index (χ3v) is 3.27. The summed E-state index contributed by atoms with van der Waals surface area (Å²) in [6.45, 7) is -0.107. The molecule has 2 aromatic carbocycles. The number of aromatic amines is 1. The molecule has 3 rings (SSSR count). The van der Waals surface area contributed by atoms with Crippen molar-refractivity contribution in [2.45, 2.75) is 6.61 Å². The highest BCUT2D eigenvalue weighted by atomic mass is 16.3. The second-order valence-electron chi connectivity index (χ2n) is 4.52. The molecule has 0 saturated carbocycles. The smallest absolute Gasteiger partial charge is 0.257 e. The van der Waals surface area contributed by atoms with E-state index in [1.165, 1.54) is 0 Å². The fourth-order valence-corrected chi connectivity index (χ4v) is 2.23. The van der Waals surface area contributed by atoms with Crippen molar-refractivity contribution in [1.82, 2.24) is 4.98 Å².